The third-order valence-corrected chi connectivity index (χ3v) is 7.58. The van der Waals surface area contributed by atoms with E-state index in [1.165, 1.54) is 10.4 Å². The summed E-state index contributed by atoms with van der Waals surface area (Å²) in [4.78, 5) is 21.7. The molecule has 0 spiro atoms. The highest BCUT2D eigenvalue weighted by Gasteiger charge is 2.18. The molecule has 0 bridgehead atoms. The summed E-state index contributed by atoms with van der Waals surface area (Å²) >= 11 is 8.22. The molecule has 0 aliphatic rings. The van der Waals surface area contributed by atoms with Gasteiger partial charge in [-0.1, -0.05) is 60.9 Å². The molecule has 7 nitrogen and oxygen atoms in total. The van der Waals surface area contributed by atoms with Crippen LogP contribution in [0.2, 0.25) is 5.02 Å². The number of thiophene rings is 1. The van der Waals surface area contributed by atoms with Gasteiger partial charge in [0.15, 0.2) is 0 Å². The number of rotatable bonds is 11. The highest BCUT2D eigenvalue weighted by Crippen LogP contribution is 2.34. The van der Waals surface area contributed by atoms with Gasteiger partial charge in [-0.25, -0.2) is 0 Å². The lowest BCUT2D eigenvalue weighted by molar-refractivity contribution is -0.121. The van der Waals surface area contributed by atoms with E-state index in [-0.39, 0.29) is 12.5 Å². The van der Waals surface area contributed by atoms with Gasteiger partial charge in [0.2, 0.25) is 11.7 Å². The minimum absolute atomic E-state index is 0.0723. The summed E-state index contributed by atoms with van der Waals surface area (Å²) in [5, 5.41) is 7.42. The van der Waals surface area contributed by atoms with Gasteiger partial charge in [0.25, 0.3) is 5.89 Å². The fourth-order valence-electron chi connectivity index (χ4n) is 3.92. The molecule has 194 valence electrons. The van der Waals surface area contributed by atoms with Gasteiger partial charge >= 0.3 is 0 Å². The number of amides is 1. The van der Waals surface area contributed by atoms with Gasteiger partial charge < -0.3 is 14.6 Å². The van der Waals surface area contributed by atoms with Crippen molar-refractivity contribution in [3.05, 3.63) is 75.1 Å². The molecule has 0 atom stereocenters. The van der Waals surface area contributed by atoms with Crippen LogP contribution in [-0.4, -0.2) is 40.6 Å². The summed E-state index contributed by atoms with van der Waals surface area (Å²) in [6.45, 7) is 11.5. The second-order valence-electron chi connectivity index (χ2n) is 8.78. The minimum atomic E-state index is -0.274. The number of hydrogen-bond donors (Lipinski definition) is 1. The molecule has 1 amide bonds. The number of ether oxygens (including phenoxy) is 1. The van der Waals surface area contributed by atoms with Crippen molar-refractivity contribution < 1.29 is 14.1 Å². The molecule has 0 saturated carbocycles. The van der Waals surface area contributed by atoms with Crippen molar-refractivity contribution >= 4 is 34.5 Å². The largest absolute Gasteiger partial charge is 0.367 e. The molecular formula is C28H31ClN4O3S. The van der Waals surface area contributed by atoms with E-state index in [4.69, 9.17) is 20.9 Å². The number of anilines is 1. The summed E-state index contributed by atoms with van der Waals surface area (Å²) < 4.78 is 11.1. The van der Waals surface area contributed by atoms with Crippen LogP contribution in [0.5, 0.6) is 0 Å². The fraction of sp³-hybridized carbons (Fsp3) is 0.321. The molecule has 0 radical (unpaired) electrons. The van der Waals surface area contributed by atoms with Gasteiger partial charge in [-0.2, -0.15) is 4.98 Å². The standard InChI is InChI=1S/C28H31ClN4O3S/c1-5-33(6-2)15-24-18(3)13-23(37-24)28-31-27(32-36-28)21-12-19(4)26(22(29)14-21)30-25(34)17-35-16-20-10-8-7-9-11-20/h7-14H,5-6,15-17H2,1-4H3,(H,30,34). The number of aromatic nitrogens is 2. The van der Waals surface area contributed by atoms with Crippen LogP contribution in [0.15, 0.2) is 53.1 Å². The minimum Gasteiger partial charge on any atom is -0.367 e. The van der Waals surface area contributed by atoms with Gasteiger partial charge in [-0.15, -0.1) is 11.3 Å². The summed E-state index contributed by atoms with van der Waals surface area (Å²) in [6, 6.07) is 15.4. The van der Waals surface area contributed by atoms with Crippen molar-refractivity contribution in [2.45, 2.75) is 40.8 Å². The molecule has 2 aromatic heterocycles. The third-order valence-electron chi connectivity index (χ3n) is 6.07. The zero-order valence-corrected chi connectivity index (χ0v) is 23.1. The maximum absolute atomic E-state index is 12.4. The Balaban J connectivity index is 1.43. The SMILES string of the molecule is CCN(CC)Cc1sc(-c2nc(-c3cc(C)c(NC(=O)COCc4ccccc4)c(Cl)c3)no2)cc1C. The van der Waals surface area contributed by atoms with Crippen LogP contribution in [0.1, 0.15) is 35.4 Å². The molecule has 0 aliphatic heterocycles. The van der Waals surface area contributed by atoms with Crippen molar-refractivity contribution in [3.63, 3.8) is 0 Å². The van der Waals surface area contributed by atoms with Crippen LogP contribution < -0.4 is 5.32 Å². The molecule has 1 N–H and O–H groups in total. The Morgan fingerprint density at radius 2 is 1.86 bits per heavy atom. The number of carbonyl (C=O) groups excluding carboxylic acids is 1. The van der Waals surface area contributed by atoms with Gasteiger partial charge in [-0.05, 0) is 61.8 Å². The van der Waals surface area contributed by atoms with Crippen LogP contribution in [0.25, 0.3) is 22.2 Å². The quantitative estimate of drug-likeness (QED) is 0.228. The number of aryl methyl sites for hydroxylation is 2. The van der Waals surface area contributed by atoms with E-state index in [9.17, 15) is 4.79 Å². The van der Waals surface area contributed by atoms with Gasteiger partial charge in [0, 0.05) is 17.0 Å². The maximum Gasteiger partial charge on any atom is 0.268 e. The lowest BCUT2D eigenvalue weighted by atomic mass is 10.1. The Hall–Kier alpha value is -3.04. The van der Waals surface area contributed by atoms with Crippen LogP contribution in [0.3, 0.4) is 0 Å². The zero-order valence-electron chi connectivity index (χ0n) is 21.5. The summed E-state index contributed by atoms with van der Waals surface area (Å²) in [7, 11) is 0. The smallest absolute Gasteiger partial charge is 0.268 e. The number of halogens is 1. The lowest BCUT2D eigenvalue weighted by Gasteiger charge is -2.17. The Kier molecular flexibility index (Phi) is 9.10. The molecule has 37 heavy (non-hydrogen) atoms. The first kappa shape index (κ1) is 27.0. The van der Waals surface area contributed by atoms with Gasteiger partial charge in [0.05, 0.1) is 22.2 Å². The topological polar surface area (TPSA) is 80.5 Å². The van der Waals surface area contributed by atoms with Crippen molar-refractivity contribution in [1.82, 2.24) is 15.0 Å². The first-order chi connectivity index (χ1) is 17.9. The van der Waals surface area contributed by atoms with E-state index in [1.807, 2.05) is 43.3 Å². The Morgan fingerprint density at radius 1 is 1.11 bits per heavy atom. The Morgan fingerprint density at radius 3 is 2.57 bits per heavy atom. The second-order valence-corrected chi connectivity index (χ2v) is 10.3. The van der Waals surface area contributed by atoms with Gasteiger partial charge in [0.1, 0.15) is 6.61 Å². The van der Waals surface area contributed by atoms with Crippen molar-refractivity contribution in [2.24, 2.45) is 0 Å². The third kappa shape index (κ3) is 6.84. The fourth-order valence-corrected chi connectivity index (χ4v) is 5.37. The second kappa shape index (κ2) is 12.5. The molecule has 9 heteroatoms. The van der Waals surface area contributed by atoms with Crippen molar-refractivity contribution in [1.29, 1.82) is 0 Å². The summed E-state index contributed by atoms with van der Waals surface area (Å²) in [5.41, 5.74) is 4.27. The first-order valence-corrected chi connectivity index (χ1v) is 13.4. The lowest BCUT2D eigenvalue weighted by Crippen LogP contribution is -2.21. The molecule has 4 rings (SSSR count). The van der Waals surface area contributed by atoms with Crippen LogP contribution in [0, 0.1) is 13.8 Å². The van der Waals surface area contributed by atoms with E-state index in [1.54, 1.807) is 17.4 Å². The zero-order chi connectivity index (χ0) is 26.4. The number of benzene rings is 2. The molecule has 4 aromatic rings. The molecular weight excluding hydrogens is 508 g/mol. The molecule has 0 fully saturated rings. The molecule has 0 saturated heterocycles. The van der Waals surface area contributed by atoms with E-state index in [2.05, 4.69) is 47.2 Å². The van der Waals surface area contributed by atoms with Crippen LogP contribution in [-0.2, 0) is 22.7 Å². The van der Waals surface area contributed by atoms with E-state index in [0.717, 1.165) is 35.6 Å². The monoisotopic (exact) mass is 538 g/mol. The summed E-state index contributed by atoms with van der Waals surface area (Å²) in [5.74, 6) is 0.653. The normalized spacial score (nSPS) is 11.3. The number of carbonyl (C=O) groups is 1. The number of nitrogens with one attached hydrogen (secondary N) is 1. The van der Waals surface area contributed by atoms with Gasteiger partial charge in [-0.3, -0.25) is 9.69 Å². The highest BCUT2D eigenvalue weighted by molar-refractivity contribution is 7.15. The van der Waals surface area contributed by atoms with Crippen LogP contribution >= 0.6 is 22.9 Å². The highest BCUT2D eigenvalue weighted by atomic mass is 35.5. The van der Waals surface area contributed by atoms with Crippen molar-refractivity contribution in [3.8, 4) is 22.2 Å². The molecule has 2 heterocycles. The molecule has 0 unspecified atom stereocenters. The predicted octanol–water partition coefficient (Wildman–Crippen LogP) is 6.73. The number of hydrogen-bond acceptors (Lipinski definition) is 7. The average molecular weight is 539 g/mol. The van der Waals surface area contributed by atoms with E-state index < -0.39 is 0 Å². The molecule has 2 aromatic carbocycles. The Labute approximate surface area is 226 Å². The number of nitrogens with zero attached hydrogens (tertiary/aromatic N) is 3. The van der Waals surface area contributed by atoms with E-state index in [0.29, 0.717) is 34.6 Å². The van der Waals surface area contributed by atoms with Crippen molar-refractivity contribution in [2.75, 3.05) is 25.0 Å². The predicted molar refractivity (Wildman–Crippen MR) is 149 cm³/mol. The molecule has 0 aliphatic carbocycles. The maximum atomic E-state index is 12.4. The van der Waals surface area contributed by atoms with E-state index >= 15 is 0 Å². The van der Waals surface area contributed by atoms with Crippen LogP contribution in [0.4, 0.5) is 5.69 Å². The Bertz CT molecular complexity index is 1330. The first-order valence-electron chi connectivity index (χ1n) is 12.3. The average Bonchev–Trinajstić information content (AvgIpc) is 3.52. The summed E-state index contributed by atoms with van der Waals surface area (Å²) in [6.07, 6.45) is 0.